The Bertz CT molecular complexity index is 966. The van der Waals surface area contributed by atoms with Gasteiger partial charge in [0.25, 0.3) is 0 Å². The summed E-state index contributed by atoms with van der Waals surface area (Å²) < 4.78 is 16.7. The molecule has 0 spiro atoms. The smallest absolute Gasteiger partial charge is 0.306 e. The van der Waals surface area contributed by atoms with Crippen LogP contribution in [0.3, 0.4) is 0 Å². The molecule has 0 aromatic carbocycles. The van der Waals surface area contributed by atoms with Crippen LogP contribution in [0.5, 0.6) is 0 Å². The van der Waals surface area contributed by atoms with E-state index in [9.17, 15) is 14.4 Å². The number of esters is 3. The van der Waals surface area contributed by atoms with Gasteiger partial charge in [-0.15, -0.1) is 0 Å². The maximum absolute atomic E-state index is 12.8. The van der Waals surface area contributed by atoms with Crippen molar-refractivity contribution in [3.63, 3.8) is 0 Å². The van der Waals surface area contributed by atoms with E-state index in [2.05, 4.69) is 27.7 Å². The molecule has 0 fully saturated rings. The Hall–Kier alpha value is -1.59. The topological polar surface area (TPSA) is 78.9 Å². The Morgan fingerprint density at radius 3 is 0.812 bits per heavy atom. The van der Waals surface area contributed by atoms with E-state index >= 15 is 0 Å². The largest absolute Gasteiger partial charge is 0.462 e. The second-order valence-electron chi connectivity index (χ2n) is 20.2. The highest BCUT2D eigenvalue weighted by Gasteiger charge is 2.19. The number of unbranched alkanes of at least 4 members (excludes halogenated alkanes) is 39. The number of carbonyl (C=O) groups excluding carboxylic acids is 3. The summed E-state index contributed by atoms with van der Waals surface area (Å²) in [6.45, 7) is 9.02. The van der Waals surface area contributed by atoms with Gasteiger partial charge in [0.1, 0.15) is 13.2 Å². The minimum Gasteiger partial charge on any atom is -0.462 e. The highest BCUT2D eigenvalue weighted by Crippen LogP contribution is 2.18. The highest BCUT2D eigenvalue weighted by molar-refractivity contribution is 5.71. The van der Waals surface area contributed by atoms with Gasteiger partial charge in [0.05, 0.1) is 0 Å². The van der Waals surface area contributed by atoms with Crippen LogP contribution < -0.4 is 0 Å². The van der Waals surface area contributed by atoms with Crippen LogP contribution in [-0.2, 0) is 28.6 Å². The van der Waals surface area contributed by atoms with Crippen molar-refractivity contribution in [3.05, 3.63) is 0 Å². The molecule has 1 unspecified atom stereocenters. The fraction of sp³-hybridized carbons (Fsp3) is 0.948. The van der Waals surface area contributed by atoms with Crippen LogP contribution in [0.25, 0.3) is 0 Å². The molecule has 64 heavy (non-hydrogen) atoms. The van der Waals surface area contributed by atoms with Crippen molar-refractivity contribution in [2.75, 3.05) is 13.2 Å². The van der Waals surface area contributed by atoms with E-state index in [-0.39, 0.29) is 31.1 Å². The maximum atomic E-state index is 12.8. The van der Waals surface area contributed by atoms with Crippen molar-refractivity contribution in [2.24, 2.45) is 5.92 Å². The zero-order chi connectivity index (χ0) is 46.7. The third-order valence-corrected chi connectivity index (χ3v) is 13.7. The van der Waals surface area contributed by atoms with E-state index in [1.165, 1.54) is 218 Å². The van der Waals surface area contributed by atoms with Crippen LogP contribution in [0.1, 0.15) is 329 Å². The molecule has 0 aromatic rings. The van der Waals surface area contributed by atoms with Crippen LogP contribution in [0.2, 0.25) is 0 Å². The summed E-state index contributed by atoms with van der Waals surface area (Å²) in [4.78, 5) is 37.8. The molecule has 0 aromatic heterocycles. The Labute approximate surface area is 399 Å². The van der Waals surface area contributed by atoms with E-state index in [0.29, 0.717) is 19.3 Å². The lowest BCUT2D eigenvalue weighted by Gasteiger charge is -2.18. The molecule has 0 bridgehead atoms. The Morgan fingerprint density at radius 1 is 0.312 bits per heavy atom. The van der Waals surface area contributed by atoms with Gasteiger partial charge in [-0.25, -0.2) is 0 Å². The van der Waals surface area contributed by atoms with Crippen LogP contribution in [0, 0.1) is 5.92 Å². The van der Waals surface area contributed by atoms with Gasteiger partial charge in [-0.1, -0.05) is 291 Å². The predicted molar refractivity (Wildman–Crippen MR) is 275 cm³/mol. The first-order valence-electron chi connectivity index (χ1n) is 28.9. The van der Waals surface area contributed by atoms with E-state index < -0.39 is 6.10 Å². The average molecular weight is 906 g/mol. The van der Waals surface area contributed by atoms with Crippen molar-refractivity contribution in [1.82, 2.24) is 0 Å². The highest BCUT2D eigenvalue weighted by atomic mass is 16.6. The number of ether oxygens (including phenoxy) is 3. The molecule has 0 saturated heterocycles. The number of hydrogen-bond donors (Lipinski definition) is 0. The minimum atomic E-state index is -0.759. The molecular weight excluding hydrogens is 793 g/mol. The molecule has 0 heterocycles. The second kappa shape index (κ2) is 52.4. The van der Waals surface area contributed by atoms with E-state index in [4.69, 9.17) is 14.2 Å². The number of hydrogen-bond acceptors (Lipinski definition) is 6. The van der Waals surface area contributed by atoms with Crippen LogP contribution >= 0.6 is 0 Å². The lowest BCUT2D eigenvalue weighted by molar-refractivity contribution is -0.167. The Morgan fingerprint density at radius 2 is 0.547 bits per heavy atom. The van der Waals surface area contributed by atoms with Crippen LogP contribution in [0.4, 0.5) is 0 Å². The van der Waals surface area contributed by atoms with Crippen molar-refractivity contribution in [1.29, 1.82) is 0 Å². The standard InChI is InChI=1S/C58H112O6/c1-5-8-10-12-13-14-15-16-17-18-19-24-27-30-33-36-39-43-47-51-58(61)64-55(52-62-56(59)49-45-40-11-9-6-2)53-63-57(60)50-46-42-38-35-32-29-26-23-21-20-22-25-28-31-34-37-41-44-48-54(4)7-3/h54-55H,5-53H2,1-4H3/t54?,55-/m1/s1. The van der Waals surface area contributed by atoms with Gasteiger partial charge in [0.2, 0.25) is 0 Å². The van der Waals surface area contributed by atoms with Crippen molar-refractivity contribution in [2.45, 2.75) is 336 Å². The quantitative estimate of drug-likeness (QED) is 0.0344. The molecule has 2 atom stereocenters. The first kappa shape index (κ1) is 62.4. The zero-order valence-corrected chi connectivity index (χ0v) is 43.8. The molecule has 0 rings (SSSR count). The summed E-state index contributed by atoms with van der Waals surface area (Å²) in [5.74, 6) is 0.0574. The lowest BCUT2D eigenvalue weighted by Crippen LogP contribution is -2.30. The average Bonchev–Trinajstić information content (AvgIpc) is 3.29. The molecule has 0 aliphatic rings. The molecule has 0 amide bonds. The molecule has 6 nitrogen and oxygen atoms in total. The zero-order valence-electron chi connectivity index (χ0n) is 43.8. The predicted octanol–water partition coefficient (Wildman–Crippen LogP) is 19.0. The fourth-order valence-corrected chi connectivity index (χ4v) is 8.89. The molecule has 0 radical (unpaired) electrons. The summed E-state index contributed by atoms with van der Waals surface area (Å²) in [6, 6.07) is 0. The van der Waals surface area contributed by atoms with Gasteiger partial charge in [-0.2, -0.15) is 0 Å². The molecule has 380 valence electrons. The molecule has 0 saturated carbocycles. The van der Waals surface area contributed by atoms with Crippen molar-refractivity contribution < 1.29 is 28.6 Å². The van der Waals surface area contributed by atoms with Gasteiger partial charge in [0, 0.05) is 19.3 Å². The van der Waals surface area contributed by atoms with E-state index in [0.717, 1.165) is 70.1 Å². The third kappa shape index (κ3) is 49.8. The molecule has 0 aliphatic heterocycles. The second-order valence-corrected chi connectivity index (χ2v) is 20.2. The fourth-order valence-electron chi connectivity index (χ4n) is 8.89. The SMILES string of the molecule is CCCCCCCCCCCCCCCCCCCCCC(=O)O[C@H](COC(=O)CCCCCCC)COC(=O)CCCCCCCCCCCCCCCCCCCCC(C)CC. The summed E-state index contributed by atoms with van der Waals surface area (Å²) >= 11 is 0. The van der Waals surface area contributed by atoms with E-state index in [1.807, 2.05) is 0 Å². The summed E-state index contributed by atoms with van der Waals surface area (Å²) in [5, 5.41) is 0. The lowest BCUT2D eigenvalue weighted by atomic mass is 9.99. The normalized spacial score (nSPS) is 12.4. The molecule has 0 aliphatic carbocycles. The van der Waals surface area contributed by atoms with Crippen molar-refractivity contribution >= 4 is 17.9 Å². The summed E-state index contributed by atoms with van der Waals surface area (Å²) in [5.41, 5.74) is 0. The monoisotopic (exact) mass is 905 g/mol. The summed E-state index contributed by atoms with van der Waals surface area (Å²) in [6.07, 6.45) is 57.1. The van der Waals surface area contributed by atoms with Gasteiger partial charge in [0.15, 0.2) is 6.10 Å². The maximum Gasteiger partial charge on any atom is 0.306 e. The van der Waals surface area contributed by atoms with E-state index in [1.54, 1.807) is 0 Å². The molecular formula is C58H112O6. The van der Waals surface area contributed by atoms with Gasteiger partial charge in [-0.3, -0.25) is 14.4 Å². The first-order valence-corrected chi connectivity index (χ1v) is 28.9. The number of rotatable bonds is 53. The number of carbonyl (C=O) groups is 3. The van der Waals surface area contributed by atoms with Gasteiger partial charge in [-0.05, 0) is 25.2 Å². The first-order chi connectivity index (χ1) is 31.4. The minimum absolute atomic E-state index is 0.0632. The Kier molecular flexibility index (Phi) is 51.1. The Balaban J connectivity index is 4.02. The molecule has 0 N–H and O–H groups in total. The molecule has 6 heteroatoms. The van der Waals surface area contributed by atoms with Gasteiger partial charge >= 0.3 is 17.9 Å². The van der Waals surface area contributed by atoms with Crippen LogP contribution in [-0.4, -0.2) is 37.2 Å². The third-order valence-electron chi connectivity index (χ3n) is 13.7. The van der Waals surface area contributed by atoms with Crippen molar-refractivity contribution in [3.8, 4) is 0 Å². The summed E-state index contributed by atoms with van der Waals surface area (Å²) in [7, 11) is 0. The van der Waals surface area contributed by atoms with Gasteiger partial charge < -0.3 is 14.2 Å². The van der Waals surface area contributed by atoms with Crippen LogP contribution in [0.15, 0.2) is 0 Å².